The zero-order valence-electron chi connectivity index (χ0n) is 18.2. The lowest BCUT2D eigenvalue weighted by molar-refractivity contribution is -0.792. The molecule has 1 heterocycles. The molecule has 1 fully saturated rings. The van der Waals surface area contributed by atoms with E-state index in [1.54, 1.807) is 37.3 Å². The predicted molar refractivity (Wildman–Crippen MR) is 119 cm³/mol. The number of imide groups is 1. The van der Waals surface area contributed by atoms with E-state index in [0.29, 0.717) is 24.8 Å². The van der Waals surface area contributed by atoms with Crippen LogP contribution in [0.3, 0.4) is 0 Å². The number of quaternary nitrogens is 1. The molecule has 1 saturated heterocycles. The van der Waals surface area contributed by atoms with Crippen LogP contribution in [0.2, 0.25) is 0 Å². The molecule has 1 aliphatic heterocycles. The molecule has 0 aliphatic carbocycles. The molecule has 32 heavy (non-hydrogen) atoms. The van der Waals surface area contributed by atoms with Crippen LogP contribution in [-0.4, -0.2) is 51.9 Å². The Morgan fingerprint density at radius 3 is 2.19 bits per heavy atom. The van der Waals surface area contributed by atoms with Crippen molar-refractivity contribution < 1.29 is 28.8 Å². The highest BCUT2D eigenvalue weighted by molar-refractivity contribution is 5.98. The maximum atomic E-state index is 13.1. The first-order valence-corrected chi connectivity index (χ1v) is 10.9. The molecule has 3 rings (SSSR count). The molecule has 2 aromatic rings. The highest BCUT2D eigenvalue weighted by Gasteiger charge is 2.52. The lowest BCUT2D eigenvalue weighted by Gasteiger charge is -2.29. The van der Waals surface area contributed by atoms with Gasteiger partial charge in [-0.3, -0.25) is 9.59 Å². The Morgan fingerprint density at radius 1 is 1.00 bits per heavy atom. The number of benzene rings is 2. The molecule has 2 N–H and O–H groups in total. The van der Waals surface area contributed by atoms with Gasteiger partial charge in [-0.25, -0.2) is 4.79 Å². The standard InChI is InChI=1S/C25H28N2O5/c1-18-9-8-16-27(18,25(31)32)23(29)15-14-22(28)21(17-19-10-4-2-5-11-19)26-24(30)20-12-6-3-7-13-20/h2-7,10-13,18,21H,8-9,14-17H2,1H3,(H-,26,30,31,32)/p+1/t18?,21?,27-/m0/s1. The van der Waals surface area contributed by atoms with Crippen molar-refractivity contribution in [2.24, 2.45) is 0 Å². The van der Waals surface area contributed by atoms with E-state index >= 15 is 0 Å². The van der Waals surface area contributed by atoms with Crippen molar-refractivity contribution in [3.8, 4) is 0 Å². The number of carboxylic acid groups (broad SMARTS) is 1. The molecule has 7 nitrogen and oxygen atoms in total. The van der Waals surface area contributed by atoms with Crippen LogP contribution in [-0.2, 0) is 16.0 Å². The van der Waals surface area contributed by atoms with E-state index in [4.69, 9.17) is 0 Å². The fourth-order valence-corrected chi connectivity index (χ4v) is 4.37. The molecule has 3 amide bonds. The van der Waals surface area contributed by atoms with Crippen LogP contribution in [0.1, 0.15) is 48.5 Å². The summed E-state index contributed by atoms with van der Waals surface area (Å²) in [7, 11) is 0. The summed E-state index contributed by atoms with van der Waals surface area (Å²) in [6.07, 6.45) is 0.174. The third kappa shape index (κ3) is 5.11. The fraction of sp³-hybridized carbons (Fsp3) is 0.360. The van der Waals surface area contributed by atoms with Gasteiger partial charge in [-0.05, 0) is 31.0 Å². The van der Waals surface area contributed by atoms with Gasteiger partial charge in [-0.15, -0.1) is 0 Å². The van der Waals surface area contributed by atoms with Crippen molar-refractivity contribution in [3.63, 3.8) is 0 Å². The summed E-state index contributed by atoms with van der Waals surface area (Å²) < 4.78 is -0.618. The van der Waals surface area contributed by atoms with Crippen LogP contribution < -0.4 is 5.32 Å². The van der Waals surface area contributed by atoms with E-state index in [-0.39, 0.29) is 37.1 Å². The molecule has 0 aromatic heterocycles. The maximum Gasteiger partial charge on any atom is 0.521 e. The van der Waals surface area contributed by atoms with E-state index in [0.717, 1.165) is 5.56 Å². The predicted octanol–water partition coefficient (Wildman–Crippen LogP) is 3.58. The topological polar surface area (TPSA) is 101 Å². The van der Waals surface area contributed by atoms with Gasteiger partial charge in [0.1, 0.15) is 6.04 Å². The monoisotopic (exact) mass is 437 g/mol. The number of hydrogen-bond acceptors (Lipinski definition) is 4. The largest absolute Gasteiger partial charge is 0.521 e. The second-order valence-corrected chi connectivity index (χ2v) is 8.31. The minimum Gasteiger partial charge on any atom is -0.435 e. The number of nitrogens with one attached hydrogen (secondary N) is 1. The number of rotatable bonds is 8. The summed E-state index contributed by atoms with van der Waals surface area (Å²) in [6, 6.07) is 16.8. The Morgan fingerprint density at radius 2 is 1.62 bits per heavy atom. The molecule has 7 heteroatoms. The molecule has 0 spiro atoms. The number of carbonyl (C=O) groups is 4. The lowest BCUT2D eigenvalue weighted by atomic mass is 9.98. The number of likely N-dealkylation sites (tertiary alicyclic amines) is 1. The van der Waals surface area contributed by atoms with Crippen molar-refractivity contribution in [2.45, 2.75) is 51.1 Å². The Kier molecular flexibility index (Phi) is 7.53. The minimum absolute atomic E-state index is 0.120. The highest BCUT2D eigenvalue weighted by Crippen LogP contribution is 2.29. The zero-order valence-corrected chi connectivity index (χ0v) is 18.2. The summed E-state index contributed by atoms with van der Waals surface area (Å²) in [5, 5.41) is 12.5. The average molecular weight is 438 g/mol. The highest BCUT2D eigenvalue weighted by atomic mass is 16.4. The SMILES string of the molecule is CC1CCC[N@@+]1(C(=O)O)C(=O)CCC(=O)C(Cc1ccccc1)NC(=O)c1ccccc1. The smallest absolute Gasteiger partial charge is 0.435 e. The molecule has 2 aromatic carbocycles. The van der Waals surface area contributed by atoms with Crippen LogP contribution in [0.15, 0.2) is 60.7 Å². The second kappa shape index (κ2) is 10.3. The maximum absolute atomic E-state index is 13.1. The van der Waals surface area contributed by atoms with Gasteiger partial charge in [0.15, 0.2) is 5.78 Å². The van der Waals surface area contributed by atoms with Gasteiger partial charge in [0.25, 0.3) is 5.91 Å². The van der Waals surface area contributed by atoms with Crippen molar-refractivity contribution in [3.05, 3.63) is 71.8 Å². The van der Waals surface area contributed by atoms with E-state index < -0.39 is 22.5 Å². The minimum atomic E-state index is -1.16. The molecule has 0 saturated carbocycles. The van der Waals surface area contributed by atoms with E-state index in [9.17, 15) is 24.3 Å². The first kappa shape index (κ1) is 23.3. The third-order valence-corrected chi connectivity index (χ3v) is 6.27. The van der Waals surface area contributed by atoms with E-state index in [1.165, 1.54) is 0 Å². The van der Waals surface area contributed by atoms with Crippen molar-refractivity contribution in [2.75, 3.05) is 6.54 Å². The summed E-state index contributed by atoms with van der Waals surface area (Å²) in [4.78, 5) is 50.5. The molecule has 0 bridgehead atoms. The summed E-state index contributed by atoms with van der Waals surface area (Å²) in [6.45, 7) is 2.01. The second-order valence-electron chi connectivity index (χ2n) is 8.31. The average Bonchev–Trinajstić information content (AvgIpc) is 3.20. The van der Waals surface area contributed by atoms with Crippen molar-refractivity contribution in [1.82, 2.24) is 5.32 Å². The van der Waals surface area contributed by atoms with Crippen LogP contribution in [0.25, 0.3) is 0 Å². The van der Waals surface area contributed by atoms with Gasteiger partial charge in [-0.2, -0.15) is 9.28 Å². The Labute approximate surface area is 187 Å². The molecule has 0 radical (unpaired) electrons. The number of carbonyl (C=O) groups excluding carboxylic acids is 3. The summed E-state index contributed by atoms with van der Waals surface area (Å²) in [5.41, 5.74) is 1.32. The van der Waals surface area contributed by atoms with Crippen LogP contribution in [0, 0.1) is 0 Å². The first-order valence-electron chi connectivity index (χ1n) is 10.9. The quantitative estimate of drug-likeness (QED) is 0.615. The van der Waals surface area contributed by atoms with Gasteiger partial charge < -0.3 is 10.4 Å². The summed E-state index contributed by atoms with van der Waals surface area (Å²) in [5.74, 6) is -1.11. The third-order valence-electron chi connectivity index (χ3n) is 6.27. The van der Waals surface area contributed by atoms with Gasteiger partial charge in [0, 0.05) is 24.8 Å². The molecule has 3 atom stereocenters. The fourth-order valence-electron chi connectivity index (χ4n) is 4.37. The van der Waals surface area contributed by atoms with Crippen molar-refractivity contribution in [1.29, 1.82) is 0 Å². The zero-order chi connectivity index (χ0) is 23.1. The normalized spacial score (nSPS) is 21.0. The Balaban J connectivity index is 1.72. The van der Waals surface area contributed by atoms with E-state index in [1.807, 2.05) is 30.3 Å². The van der Waals surface area contributed by atoms with Gasteiger partial charge in [-0.1, -0.05) is 48.5 Å². The van der Waals surface area contributed by atoms with Crippen LogP contribution >= 0.6 is 0 Å². The Hall–Kier alpha value is -3.32. The van der Waals surface area contributed by atoms with Gasteiger partial charge >= 0.3 is 12.0 Å². The number of amides is 3. The first-order chi connectivity index (χ1) is 15.3. The van der Waals surface area contributed by atoms with Crippen molar-refractivity contribution >= 4 is 23.7 Å². The molecule has 1 aliphatic rings. The Bertz CT molecular complexity index is 976. The van der Waals surface area contributed by atoms with E-state index in [2.05, 4.69) is 5.32 Å². The lowest BCUT2D eigenvalue weighted by Crippen LogP contribution is -2.58. The molecular formula is C25H29N2O5+. The number of hydrogen-bond donors (Lipinski definition) is 2. The van der Waals surface area contributed by atoms with Gasteiger partial charge in [0.2, 0.25) is 0 Å². The van der Waals surface area contributed by atoms with Crippen LogP contribution in [0.4, 0.5) is 4.79 Å². The number of ketones is 1. The van der Waals surface area contributed by atoms with Crippen LogP contribution in [0.5, 0.6) is 0 Å². The number of nitrogens with zero attached hydrogens (tertiary/aromatic N) is 1. The molecule has 168 valence electrons. The summed E-state index contributed by atoms with van der Waals surface area (Å²) >= 11 is 0. The number of Topliss-reactive ketones (excluding diaryl/α,β-unsaturated/α-hetero) is 1. The molecular weight excluding hydrogens is 408 g/mol. The molecule has 2 unspecified atom stereocenters. The van der Waals surface area contributed by atoms with Gasteiger partial charge in [0.05, 0.1) is 19.0 Å².